The summed E-state index contributed by atoms with van der Waals surface area (Å²) >= 11 is 6.79. The van der Waals surface area contributed by atoms with Gasteiger partial charge in [-0.25, -0.2) is 4.98 Å². The lowest BCUT2D eigenvalue weighted by Gasteiger charge is -2.18. The van der Waals surface area contributed by atoms with Gasteiger partial charge in [-0.3, -0.25) is 18.7 Å². The molecule has 0 bridgehead atoms. The third kappa shape index (κ3) is 11.6. The smallest absolute Gasteiger partial charge is 0.325 e. The highest BCUT2D eigenvalue weighted by molar-refractivity contribution is 9.10. The Morgan fingerprint density at radius 1 is 0.766 bits per heavy atom. The number of esters is 2. The summed E-state index contributed by atoms with van der Waals surface area (Å²) in [5.41, 5.74) is 1.99. The number of ether oxygens (including phenoxy) is 1. The summed E-state index contributed by atoms with van der Waals surface area (Å²) < 4.78 is 44.0. The van der Waals surface area contributed by atoms with Crippen LogP contribution in [0.15, 0.2) is 93.9 Å². The molecule has 2 heterocycles. The highest BCUT2D eigenvalue weighted by atomic mass is 79.9. The number of hydrogen-bond acceptors (Lipinski definition) is 9. The fourth-order valence-corrected chi connectivity index (χ4v) is 9.70. The van der Waals surface area contributed by atoms with Gasteiger partial charge in [-0.2, -0.15) is 4.73 Å². The Hall–Kier alpha value is -2.98. The lowest BCUT2D eigenvalue weighted by Crippen LogP contribution is -2.48. The fourth-order valence-electron chi connectivity index (χ4n) is 4.10. The minimum Gasteiger partial charge on any atom is -0.618 e. The zero-order valence-corrected chi connectivity index (χ0v) is 32.0. The summed E-state index contributed by atoms with van der Waals surface area (Å²) in [5, 5.41) is 13.5. The molecular formula is C33H38Br2N2O8P2. The van der Waals surface area contributed by atoms with Crippen LogP contribution in [0.3, 0.4) is 0 Å². The third-order valence-corrected chi connectivity index (χ3v) is 11.9. The number of aryl methyl sites for hydroxylation is 2. The minimum atomic E-state index is -3.40. The molecule has 0 radical (unpaired) electrons. The van der Waals surface area contributed by atoms with Gasteiger partial charge >= 0.3 is 19.3 Å². The van der Waals surface area contributed by atoms with Crippen molar-refractivity contribution < 1.29 is 37.2 Å². The average molecular weight is 812 g/mol. The Morgan fingerprint density at radius 2 is 1.23 bits per heavy atom. The zero-order chi connectivity index (χ0) is 35.2. The molecule has 47 heavy (non-hydrogen) atoms. The molecule has 14 heteroatoms. The number of aromatic nitrogens is 2. The average Bonchev–Trinajstić information content (AvgIpc) is 3.03. The Morgan fingerprint density at radius 3 is 1.68 bits per heavy atom. The fraction of sp³-hybridized carbons (Fsp3) is 0.273. The van der Waals surface area contributed by atoms with E-state index in [0.29, 0.717) is 37.5 Å². The van der Waals surface area contributed by atoms with Gasteiger partial charge in [-0.1, -0.05) is 75.2 Å². The standard InChI is InChI=1S/C15H17BrNO2P.C14H15BrNO3P.C4H6O3/c1-3-13-10-12(16)11-15(17-13)20(18,19-4-2)14-8-6-5-7-9-14;1-3-19-20(18,13-7-5-4-6-8-13)14-10-12(15)9-11(2)16(14)17;1-3(5)7-4(2)6/h5-11H,3-4H2,1-2H3;4-10H,3H2,1-2H3;1-2H3. The first kappa shape index (κ1) is 40.2. The number of hydrogen-bond donors (Lipinski definition) is 0. The molecule has 252 valence electrons. The van der Waals surface area contributed by atoms with Crippen LogP contribution in [0.25, 0.3) is 0 Å². The normalized spacial score (nSPS) is 13.0. The minimum absolute atomic E-state index is 0.137. The second-order valence-corrected chi connectivity index (χ2v) is 16.2. The molecule has 2 atom stereocenters. The summed E-state index contributed by atoms with van der Waals surface area (Å²) in [6.07, 6.45) is 0.785. The Bertz CT molecular complexity index is 1730. The van der Waals surface area contributed by atoms with E-state index in [1.807, 2.05) is 56.3 Å². The summed E-state index contributed by atoms with van der Waals surface area (Å²) in [7, 11) is -6.53. The maximum atomic E-state index is 13.3. The quantitative estimate of drug-likeness (QED) is 0.0617. The van der Waals surface area contributed by atoms with Crippen LogP contribution in [0.5, 0.6) is 0 Å². The van der Waals surface area contributed by atoms with Crippen LogP contribution in [-0.2, 0) is 38.9 Å². The highest BCUT2D eigenvalue weighted by Gasteiger charge is 2.37. The third-order valence-electron chi connectivity index (χ3n) is 6.04. The van der Waals surface area contributed by atoms with Gasteiger partial charge < -0.3 is 19.0 Å². The van der Waals surface area contributed by atoms with Crippen LogP contribution in [0.4, 0.5) is 0 Å². The van der Waals surface area contributed by atoms with Crippen LogP contribution in [0, 0.1) is 12.1 Å². The van der Waals surface area contributed by atoms with Crippen molar-refractivity contribution in [2.24, 2.45) is 0 Å². The molecule has 0 amide bonds. The van der Waals surface area contributed by atoms with Gasteiger partial charge in [0, 0.05) is 58.2 Å². The first-order chi connectivity index (χ1) is 22.2. The van der Waals surface area contributed by atoms with Crippen molar-refractivity contribution in [1.29, 1.82) is 0 Å². The number of carbonyl (C=O) groups excluding carboxylic acids is 2. The molecule has 0 saturated heterocycles. The SMILES string of the molecule is CC(=O)OC(C)=O.CCOP(=O)(c1ccccc1)c1cc(Br)cc(C)[n+]1[O-].CCOP(=O)(c1ccccc1)c1cc(Br)cc(CC)n1. The van der Waals surface area contributed by atoms with E-state index in [9.17, 15) is 23.9 Å². The van der Waals surface area contributed by atoms with Gasteiger partial charge in [-0.15, -0.1) is 0 Å². The van der Waals surface area contributed by atoms with Crippen LogP contribution in [0.1, 0.15) is 46.0 Å². The number of halogens is 2. The second-order valence-electron chi connectivity index (χ2n) is 9.65. The van der Waals surface area contributed by atoms with E-state index in [4.69, 9.17) is 9.05 Å². The van der Waals surface area contributed by atoms with E-state index < -0.39 is 26.7 Å². The molecule has 10 nitrogen and oxygen atoms in total. The molecule has 2 aromatic carbocycles. The highest BCUT2D eigenvalue weighted by Crippen LogP contribution is 2.45. The monoisotopic (exact) mass is 810 g/mol. The van der Waals surface area contributed by atoms with Crippen molar-refractivity contribution in [3.05, 3.63) is 110 Å². The molecule has 2 aromatic heterocycles. The Balaban J connectivity index is 0.000000273. The molecule has 0 spiro atoms. The molecular weight excluding hydrogens is 774 g/mol. The molecule has 0 N–H and O–H groups in total. The Labute approximate surface area is 292 Å². The maximum Gasteiger partial charge on any atom is 0.325 e. The van der Waals surface area contributed by atoms with Crippen molar-refractivity contribution in [3.63, 3.8) is 0 Å². The van der Waals surface area contributed by atoms with E-state index in [0.717, 1.165) is 16.6 Å². The zero-order valence-electron chi connectivity index (χ0n) is 27.0. The number of rotatable bonds is 9. The van der Waals surface area contributed by atoms with E-state index >= 15 is 0 Å². The van der Waals surface area contributed by atoms with E-state index in [1.54, 1.807) is 56.3 Å². The van der Waals surface area contributed by atoms with E-state index in [1.165, 1.54) is 13.8 Å². The predicted molar refractivity (Wildman–Crippen MR) is 191 cm³/mol. The topological polar surface area (TPSA) is 136 Å². The van der Waals surface area contributed by atoms with Gasteiger partial charge in [0.1, 0.15) is 5.44 Å². The molecule has 0 aliphatic heterocycles. The van der Waals surface area contributed by atoms with Crippen molar-refractivity contribution in [2.45, 2.75) is 48.0 Å². The number of pyridine rings is 2. The van der Waals surface area contributed by atoms with Crippen molar-refractivity contribution in [2.75, 3.05) is 13.2 Å². The Kier molecular flexibility index (Phi) is 16.4. The lowest BCUT2D eigenvalue weighted by molar-refractivity contribution is -0.593. The van der Waals surface area contributed by atoms with Gasteiger partial charge in [-0.05, 0) is 56.7 Å². The molecule has 2 unspecified atom stereocenters. The first-order valence-electron chi connectivity index (χ1n) is 14.6. The molecule has 0 aliphatic carbocycles. The van der Waals surface area contributed by atoms with E-state index in [-0.39, 0.29) is 12.0 Å². The van der Waals surface area contributed by atoms with Crippen molar-refractivity contribution in [1.82, 2.24) is 4.98 Å². The largest absolute Gasteiger partial charge is 0.618 e. The van der Waals surface area contributed by atoms with Gasteiger partial charge in [0.05, 0.1) is 13.2 Å². The summed E-state index contributed by atoms with van der Waals surface area (Å²) in [6, 6.07) is 25.0. The molecule has 0 aliphatic rings. The summed E-state index contributed by atoms with van der Waals surface area (Å²) in [5.74, 6) is -1.12. The van der Waals surface area contributed by atoms with E-state index in [2.05, 4.69) is 41.6 Å². The molecule has 0 saturated carbocycles. The molecule has 4 rings (SSSR count). The van der Waals surface area contributed by atoms with Gasteiger partial charge in [0.25, 0.3) is 12.8 Å². The first-order valence-corrected chi connectivity index (χ1v) is 19.4. The summed E-state index contributed by atoms with van der Waals surface area (Å²) in [4.78, 5) is 24.1. The van der Waals surface area contributed by atoms with Crippen LogP contribution in [-0.4, -0.2) is 30.1 Å². The van der Waals surface area contributed by atoms with Gasteiger partial charge in [0.15, 0.2) is 5.69 Å². The van der Waals surface area contributed by atoms with Gasteiger partial charge in [0.2, 0.25) is 0 Å². The lowest BCUT2D eigenvalue weighted by atomic mass is 10.3. The molecule has 0 fully saturated rings. The predicted octanol–water partition coefficient (Wildman–Crippen LogP) is 6.42. The van der Waals surface area contributed by atoms with Crippen LogP contribution < -0.4 is 26.2 Å². The number of carbonyl (C=O) groups is 2. The summed E-state index contributed by atoms with van der Waals surface area (Å²) in [6.45, 7) is 10.3. The van der Waals surface area contributed by atoms with Crippen LogP contribution >= 0.6 is 46.6 Å². The van der Waals surface area contributed by atoms with Crippen LogP contribution in [0.2, 0.25) is 0 Å². The number of nitrogens with zero attached hydrogens (tertiary/aromatic N) is 2. The molecule has 4 aromatic rings. The van der Waals surface area contributed by atoms with Crippen molar-refractivity contribution >= 4 is 80.0 Å². The maximum absolute atomic E-state index is 13.3. The second kappa shape index (κ2) is 19.1. The van der Waals surface area contributed by atoms with Crippen molar-refractivity contribution in [3.8, 4) is 0 Å². The number of benzene rings is 2.